The second kappa shape index (κ2) is 9.73. The molecule has 2 aromatic rings. The van der Waals surface area contributed by atoms with Gasteiger partial charge in [0, 0.05) is 19.7 Å². The van der Waals surface area contributed by atoms with Crippen molar-refractivity contribution in [3.05, 3.63) is 59.7 Å². The van der Waals surface area contributed by atoms with Crippen molar-refractivity contribution in [2.45, 2.75) is 44.1 Å². The summed E-state index contributed by atoms with van der Waals surface area (Å²) in [5.41, 5.74) is 2.29. The molecule has 1 unspecified atom stereocenters. The predicted octanol–water partition coefficient (Wildman–Crippen LogP) is 4.28. The van der Waals surface area contributed by atoms with E-state index in [1.165, 1.54) is 5.56 Å². The summed E-state index contributed by atoms with van der Waals surface area (Å²) in [7, 11) is 3.35. The average molecular weight is 424 g/mol. The van der Waals surface area contributed by atoms with Gasteiger partial charge in [-0.15, -0.1) is 0 Å². The zero-order valence-corrected chi connectivity index (χ0v) is 18.6. The lowest BCUT2D eigenvalue weighted by atomic mass is 9.77. The summed E-state index contributed by atoms with van der Waals surface area (Å²) >= 11 is 0. The van der Waals surface area contributed by atoms with E-state index >= 15 is 0 Å². The van der Waals surface area contributed by atoms with E-state index < -0.39 is 0 Å². The summed E-state index contributed by atoms with van der Waals surface area (Å²) in [5, 5.41) is 0. The molecule has 1 amide bonds. The summed E-state index contributed by atoms with van der Waals surface area (Å²) < 4.78 is 16.9. The zero-order valence-electron chi connectivity index (χ0n) is 18.6. The maximum atomic E-state index is 12.8. The van der Waals surface area contributed by atoms with Crippen molar-refractivity contribution >= 4 is 5.91 Å². The van der Waals surface area contributed by atoms with Crippen molar-refractivity contribution in [3.8, 4) is 11.5 Å². The van der Waals surface area contributed by atoms with Crippen LogP contribution in [0.25, 0.3) is 0 Å². The van der Waals surface area contributed by atoms with Gasteiger partial charge in [0.2, 0.25) is 5.91 Å². The van der Waals surface area contributed by atoms with E-state index in [0.717, 1.165) is 68.9 Å². The first-order valence-corrected chi connectivity index (χ1v) is 11.3. The second-order valence-electron chi connectivity index (χ2n) is 8.85. The maximum Gasteiger partial charge on any atom is 0.226 e. The third kappa shape index (κ3) is 5.40. The topological polar surface area (TPSA) is 48.0 Å². The number of ether oxygens (including phenoxy) is 3. The van der Waals surface area contributed by atoms with E-state index in [0.29, 0.717) is 12.3 Å². The summed E-state index contributed by atoms with van der Waals surface area (Å²) in [6.07, 6.45) is 5.54. The van der Waals surface area contributed by atoms with Crippen LogP contribution in [0.4, 0.5) is 0 Å². The van der Waals surface area contributed by atoms with E-state index in [4.69, 9.17) is 14.2 Å². The lowest BCUT2D eigenvalue weighted by molar-refractivity contribution is -0.146. The van der Waals surface area contributed by atoms with Gasteiger partial charge in [-0.25, -0.2) is 0 Å². The predicted molar refractivity (Wildman–Crippen MR) is 121 cm³/mol. The van der Waals surface area contributed by atoms with E-state index in [1.807, 2.05) is 41.3 Å². The highest BCUT2D eigenvalue weighted by molar-refractivity contribution is 5.79. The van der Waals surface area contributed by atoms with Crippen LogP contribution in [0.2, 0.25) is 0 Å². The fraction of sp³-hybridized carbons (Fsp3) is 0.500. The molecule has 1 atom stereocenters. The molecular weight excluding hydrogens is 390 g/mol. The van der Waals surface area contributed by atoms with E-state index in [-0.39, 0.29) is 11.5 Å². The summed E-state index contributed by atoms with van der Waals surface area (Å²) in [5.74, 6) is 2.51. The highest BCUT2D eigenvalue weighted by Crippen LogP contribution is 2.39. The Morgan fingerprint density at radius 1 is 1.03 bits per heavy atom. The molecule has 0 bridgehead atoms. The highest BCUT2D eigenvalue weighted by atomic mass is 16.5. The van der Waals surface area contributed by atoms with Crippen molar-refractivity contribution in [1.29, 1.82) is 0 Å². The number of methoxy groups -OCH3 is 2. The molecule has 0 N–H and O–H groups in total. The van der Waals surface area contributed by atoms with Gasteiger partial charge >= 0.3 is 0 Å². The molecule has 0 aromatic heterocycles. The minimum absolute atomic E-state index is 0.0673. The molecule has 0 radical (unpaired) electrons. The quantitative estimate of drug-likeness (QED) is 0.696. The van der Waals surface area contributed by atoms with Gasteiger partial charge in [-0.3, -0.25) is 4.79 Å². The van der Waals surface area contributed by atoms with Crippen LogP contribution in [0, 0.1) is 5.92 Å². The van der Waals surface area contributed by atoms with E-state index in [2.05, 4.69) is 12.1 Å². The first kappa shape index (κ1) is 21.7. The van der Waals surface area contributed by atoms with Gasteiger partial charge in [-0.2, -0.15) is 0 Å². The highest BCUT2D eigenvalue weighted by Gasteiger charge is 2.41. The number of hydrogen-bond donors (Lipinski definition) is 0. The molecule has 1 spiro atoms. The van der Waals surface area contributed by atoms with Crippen LogP contribution in [0.1, 0.15) is 36.8 Å². The van der Waals surface area contributed by atoms with Crippen molar-refractivity contribution < 1.29 is 19.0 Å². The molecular formula is C26H33NO4. The molecule has 0 aliphatic carbocycles. The number of benzene rings is 2. The molecule has 5 heteroatoms. The molecule has 5 nitrogen and oxygen atoms in total. The number of rotatable bonds is 6. The Morgan fingerprint density at radius 2 is 1.77 bits per heavy atom. The number of carbonyl (C=O) groups is 1. The number of nitrogens with zero attached hydrogens (tertiary/aromatic N) is 1. The molecule has 2 heterocycles. The third-order valence-electron chi connectivity index (χ3n) is 6.80. The SMILES string of the molecule is COc1ccc(CC2CCOC3(CCN(C(=O)Cc4cccc(OC)c4)CC3)C2)cc1. The molecule has 166 valence electrons. The Labute approximate surface area is 185 Å². The normalized spacial score (nSPS) is 20.5. The lowest BCUT2D eigenvalue weighted by Gasteiger charge is -2.46. The van der Waals surface area contributed by atoms with Crippen molar-refractivity contribution in [3.63, 3.8) is 0 Å². The molecule has 2 aliphatic rings. The van der Waals surface area contributed by atoms with Crippen molar-refractivity contribution in [1.82, 2.24) is 4.90 Å². The van der Waals surface area contributed by atoms with Gasteiger partial charge in [0.1, 0.15) is 11.5 Å². The standard InChI is InChI=1S/C26H33NO4/c1-29-23-8-6-20(7-9-23)16-22-10-15-31-26(19-22)11-13-27(14-12-26)25(28)18-21-4-3-5-24(17-21)30-2/h3-9,17,22H,10-16,18-19H2,1-2H3. The minimum atomic E-state index is -0.0673. The van der Waals surface area contributed by atoms with Gasteiger partial charge in [-0.05, 0) is 73.4 Å². The number of hydrogen-bond acceptors (Lipinski definition) is 4. The third-order valence-corrected chi connectivity index (χ3v) is 6.80. The average Bonchev–Trinajstić information content (AvgIpc) is 2.80. The summed E-state index contributed by atoms with van der Waals surface area (Å²) in [6, 6.07) is 16.2. The van der Waals surface area contributed by atoms with Gasteiger partial charge < -0.3 is 19.1 Å². The van der Waals surface area contributed by atoms with Gasteiger partial charge in [0.05, 0.1) is 26.2 Å². The van der Waals surface area contributed by atoms with E-state index in [9.17, 15) is 4.79 Å². The molecule has 2 aliphatic heterocycles. The largest absolute Gasteiger partial charge is 0.497 e. The maximum absolute atomic E-state index is 12.8. The molecule has 4 rings (SSSR count). The van der Waals surface area contributed by atoms with Crippen molar-refractivity contribution in [2.24, 2.45) is 5.92 Å². The van der Waals surface area contributed by atoms with Crippen LogP contribution in [0.15, 0.2) is 48.5 Å². The van der Waals surface area contributed by atoms with Gasteiger partial charge in [0.25, 0.3) is 0 Å². The van der Waals surface area contributed by atoms with Gasteiger partial charge in [0.15, 0.2) is 0 Å². The zero-order chi connectivity index (χ0) is 21.7. The number of likely N-dealkylation sites (tertiary alicyclic amines) is 1. The fourth-order valence-electron chi connectivity index (χ4n) is 4.98. The van der Waals surface area contributed by atoms with Crippen LogP contribution in [-0.4, -0.2) is 50.3 Å². The fourth-order valence-corrected chi connectivity index (χ4v) is 4.98. The van der Waals surface area contributed by atoms with Crippen LogP contribution in [0.3, 0.4) is 0 Å². The monoisotopic (exact) mass is 423 g/mol. The smallest absolute Gasteiger partial charge is 0.226 e. The van der Waals surface area contributed by atoms with Crippen LogP contribution < -0.4 is 9.47 Å². The van der Waals surface area contributed by atoms with Crippen LogP contribution in [0.5, 0.6) is 11.5 Å². The number of amides is 1. The number of piperidine rings is 1. The Balaban J connectivity index is 1.30. The Hall–Kier alpha value is -2.53. The first-order chi connectivity index (χ1) is 15.1. The van der Waals surface area contributed by atoms with Crippen LogP contribution >= 0.6 is 0 Å². The lowest BCUT2D eigenvalue weighted by Crippen LogP contribution is -2.51. The summed E-state index contributed by atoms with van der Waals surface area (Å²) in [6.45, 7) is 2.37. The van der Waals surface area contributed by atoms with Crippen molar-refractivity contribution in [2.75, 3.05) is 33.9 Å². The summed E-state index contributed by atoms with van der Waals surface area (Å²) in [4.78, 5) is 14.8. The van der Waals surface area contributed by atoms with Gasteiger partial charge in [-0.1, -0.05) is 24.3 Å². The second-order valence-corrected chi connectivity index (χ2v) is 8.85. The number of carbonyl (C=O) groups excluding carboxylic acids is 1. The molecule has 31 heavy (non-hydrogen) atoms. The molecule has 2 saturated heterocycles. The van der Waals surface area contributed by atoms with Crippen LogP contribution in [-0.2, 0) is 22.4 Å². The van der Waals surface area contributed by atoms with E-state index in [1.54, 1.807) is 14.2 Å². The molecule has 2 fully saturated rings. The molecule has 0 saturated carbocycles. The minimum Gasteiger partial charge on any atom is -0.497 e. The first-order valence-electron chi connectivity index (χ1n) is 11.3. The Kier molecular flexibility index (Phi) is 6.81. The molecule has 2 aromatic carbocycles. The Morgan fingerprint density at radius 3 is 2.48 bits per heavy atom. The Bertz CT molecular complexity index is 871.